The van der Waals surface area contributed by atoms with Gasteiger partial charge in [-0.1, -0.05) is 39.4 Å². The monoisotopic (exact) mass is 583 g/mol. The molecule has 0 saturated carbocycles. The lowest BCUT2D eigenvalue weighted by atomic mass is 9.95. The molecule has 1 aromatic heterocycles. The number of hydrogen-bond acceptors (Lipinski definition) is 8. The summed E-state index contributed by atoms with van der Waals surface area (Å²) >= 11 is 4.64. The Bertz CT molecular complexity index is 1590. The van der Waals surface area contributed by atoms with Gasteiger partial charge in [-0.25, -0.2) is 9.79 Å². The first-order valence-corrected chi connectivity index (χ1v) is 13.2. The van der Waals surface area contributed by atoms with Crippen LogP contribution in [0.25, 0.3) is 6.08 Å². The molecule has 0 aliphatic carbocycles. The highest BCUT2D eigenvalue weighted by atomic mass is 79.9. The minimum absolute atomic E-state index is 0.203. The number of hydrogen-bond donors (Lipinski definition) is 0. The van der Waals surface area contributed by atoms with Crippen LogP contribution in [-0.2, 0) is 14.3 Å². The first-order valence-electron chi connectivity index (χ1n) is 11.6. The van der Waals surface area contributed by atoms with Crippen molar-refractivity contribution in [3.8, 4) is 5.75 Å². The molecule has 8 nitrogen and oxygen atoms in total. The van der Waals surface area contributed by atoms with Crippen molar-refractivity contribution in [3.05, 3.63) is 89.0 Å². The number of nitrogens with zero attached hydrogens (tertiary/aromatic N) is 3. The fourth-order valence-corrected chi connectivity index (χ4v) is 5.50. The third-order valence-corrected chi connectivity index (χ3v) is 7.23. The Morgan fingerprint density at radius 3 is 2.51 bits per heavy atom. The summed E-state index contributed by atoms with van der Waals surface area (Å²) in [4.78, 5) is 45.5. The van der Waals surface area contributed by atoms with Crippen molar-refractivity contribution >= 4 is 51.0 Å². The third-order valence-electron chi connectivity index (χ3n) is 5.75. The minimum Gasteiger partial charge on any atom is -0.463 e. The molecule has 2 heterocycles. The fraction of sp³-hybridized carbons (Fsp3) is 0.259. The summed E-state index contributed by atoms with van der Waals surface area (Å²) in [7, 11) is 3.89. The number of carbonyl (C=O) groups excluding carboxylic acids is 2. The smallest absolute Gasteiger partial charge is 0.338 e. The van der Waals surface area contributed by atoms with Gasteiger partial charge in [0.2, 0.25) is 0 Å². The molecule has 3 aromatic rings. The Kier molecular flexibility index (Phi) is 7.79. The molecular formula is C27H26BrN3O5S. The van der Waals surface area contributed by atoms with Gasteiger partial charge in [-0.05, 0) is 55.8 Å². The maximum Gasteiger partial charge on any atom is 0.338 e. The van der Waals surface area contributed by atoms with E-state index in [9.17, 15) is 14.4 Å². The van der Waals surface area contributed by atoms with Crippen LogP contribution in [0, 0.1) is 0 Å². The van der Waals surface area contributed by atoms with E-state index in [-0.39, 0.29) is 12.2 Å². The van der Waals surface area contributed by atoms with Crippen LogP contribution in [-0.4, -0.2) is 37.2 Å². The summed E-state index contributed by atoms with van der Waals surface area (Å²) < 4.78 is 13.4. The second-order valence-electron chi connectivity index (χ2n) is 8.56. The number of halogens is 1. The van der Waals surface area contributed by atoms with Crippen molar-refractivity contribution in [1.82, 2.24) is 4.57 Å². The number of rotatable bonds is 6. The normalized spacial score (nSPS) is 15.2. The lowest BCUT2D eigenvalue weighted by Crippen LogP contribution is -2.40. The van der Waals surface area contributed by atoms with Crippen molar-refractivity contribution < 1.29 is 19.1 Å². The molecule has 192 valence electrons. The van der Waals surface area contributed by atoms with Gasteiger partial charge in [-0.15, -0.1) is 0 Å². The predicted molar refractivity (Wildman–Crippen MR) is 147 cm³/mol. The zero-order chi connectivity index (χ0) is 26.9. The van der Waals surface area contributed by atoms with Gasteiger partial charge in [-0.3, -0.25) is 14.2 Å². The van der Waals surface area contributed by atoms with Crippen LogP contribution >= 0.6 is 27.3 Å². The number of thiazole rings is 1. The zero-order valence-corrected chi connectivity index (χ0v) is 23.5. The maximum absolute atomic E-state index is 13.8. The molecule has 0 saturated heterocycles. The van der Waals surface area contributed by atoms with Crippen LogP contribution in [0.5, 0.6) is 5.75 Å². The van der Waals surface area contributed by atoms with E-state index in [1.807, 2.05) is 43.3 Å². The van der Waals surface area contributed by atoms with Crippen LogP contribution < -0.4 is 24.5 Å². The first-order chi connectivity index (χ1) is 17.6. The van der Waals surface area contributed by atoms with E-state index in [4.69, 9.17) is 9.47 Å². The van der Waals surface area contributed by atoms with E-state index in [1.54, 1.807) is 38.1 Å². The molecule has 1 aliphatic heterocycles. The largest absolute Gasteiger partial charge is 0.463 e. The SMILES string of the molecule is CCOC(=O)C1=C(C)N=c2s/c(=C\c3cc(Br)ccc3OC(C)=O)c(=O)n2[C@@H]1c1ccc(N(C)C)cc1. The second kappa shape index (κ2) is 10.9. The number of allylic oxidation sites excluding steroid dienone is 1. The standard InChI is InChI=1S/C27H26BrN3O5S/c1-6-35-26(34)23-15(2)29-27-31(24(23)17-7-10-20(11-8-17)30(4)5)25(33)22(37-27)14-18-13-19(28)9-12-21(18)36-16(3)32/h7-14,24H,6H2,1-5H3/b22-14-/t24-/m1/s1. The Morgan fingerprint density at radius 2 is 1.89 bits per heavy atom. The van der Waals surface area contributed by atoms with Crippen LogP contribution in [0.3, 0.4) is 0 Å². The molecule has 10 heteroatoms. The number of aromatic nitrogens is 1. The summed E-state index contributed by atoms with van der Waals surface area (Å²) in [6.07, 6.45) is 1.67. The summed E-state index contributed by atoms with van der Waals surface area (Å²) in [6, 6.07) is 12.2. The minimum atomic E-state index is -0.705. The fourth-order valence-electron chi connectivity index (χ4n) is 4.08. The van der Waals surface area contributed by atoms with Gasteiger partial charge in [0.15, 0.2) is 4.80 Å². The topological polar surface area (TPSA) is 90.2 Å². The van der Waals surface area contributed by atoms with Crippen LogP contribution in [0.4, 0.5) is 5.69 Å². The van der Waals surface area contributed by atoms with E-state index in [2.05, 4.69) is 20.9 Å². The first kappa shape index (κ1) is 26.6. The average molecular weight is 584 g/mol. The van der Waals surface area contributed by atoms with Gasteiger partial charge in [0.25, 0.3) is 5.56 Å². The number of ether oxygens (including phenoxy) is 2. The number of fused-ring (bicyclic) bond motifs is 1. The molecule has 0 amide bonds. The molecule has 1 aliphatic rings. The molecule has 0 radical (unpaired) electrons. The summed E-state index contributed by atoms with van der Waals surface area (Å²) in [5.74, 6) is -0.640. The maximum atomic E-state index is 13.8. The van der Waals surface area contributed by atoms with Crippen LogP contribution in [0.2, 0.25) is 0 Å². The number of anilines is 1. The molecular weight excluding hydrogens is 558 g/mol. The van der Waals surface area contributed by atoms with E-state index >= 15 is 0 Å². The second-order valence-corrected chi connectivity index (χ2v) is 10.5. The van der Waals surface area contributed by atoms with Gasteiger partial charge in [0.1, 0.15) is 5.75 Å². The highest BCUT2D eigenvalue weighted by molar-refractivity contribution is 9.10. The van der Waals surface area contributed by atoms with Crippen molar-refractivity contribution in [2.24, 2.45) is 4.99 Å². The van der Waals surface area contributed by atoms with Crippen molar-refractivity contribution in [3.63, 3.8) is 0 Å². The molecule has 2 aromatic carbocycles. The Labute approximate surface area is 226 Å². The summed E-state index contributed by atoms with van der Waals surface area (Å²) in [6.45, 7) is 5.01. The van der Waals surface area contributed by atoms with E-state index in [0.717, 1.165) is 15.7 Å². The molecule has 0 bridgehead atoms. The average Bonchev–Trinajstić information content (AvgIpc) is 3.14. The van der Waals surface area contributed by atoms with Crippen LogP contribution in [0.15, 0.2) is 68.0 Å². The summed E-state index contributed by atoms with van der Waals surface area (Å²) in [5, 5.41) is 0. The molecule has 1 atom stereocenters. The molecule has 37 heavy (non-hydrogen) atoms. The van der Waals surface area contributed by atoms with Crippen LogP contribution in [0.1, 0.15) is 37.9 Å². The lowest BCUT2D eigenvalue weighted by molar-refractivity contribution is -0.139. The quantitative estimate of drug-likeness (QED) is 0.325. The summed E-state index contributed by atoms with van der Waals surface area (Å²) in [5.41, 5.74) is 2.81. The molecule has 0 unspecified atom stereocenters. The Balaban J connectivity index is 1.94. The van der Waals surface area contributed by atoms with Gasteiger partial charge in [0, 0.05) is 36.7 Å². The Hall–Kier alpha value is -3.50. The third kappa shape index (κ3) is 5.45. The van der Waals surface area contributed by atoms with E-state index in [0.29, 0.717) is 31.9 Å². The molecule has 0 N–H and O–H groups in total. The highest BCUT2D eigenvalue weighted by Crippen LogP contribution is 2.32. The van der Waals surface area contributed by atoms with Gasteiger partial charge < -0.3 is 14.4 Å². The molecule has 0 spiro atoms. The van der Waals surface area contributed by atoms with Crippen molar-refractivity contribution in [2.75, 3.05) is 25.6 Å². The molecule has 0 fully saturated rings. The number of carbonyl (C=O) groups is 2. The number of esters is 2. The predicted octanol–water partition coefficient (Wildman–Crippen LogP) is 3.55. The molecule has 4 rings (SSSR count). The van der Waals surface area contributed by atoms with Gasteiger partial charge in [0.05, 0.1) is 28.5 Å². The lowest BCUT2D eigenvalue weighted by Gasteiger charge is -2.25. The Morgan fingerprint density at radius 1 is 1.19 bits per heavy atom. The van der Waals surface area contributed by atoms with Gasteiger partial charge in [-0.2, -0.15) is 0 Å². The van der Waals surface area contributed by atoms with E-state index < -0.39 is 18.0 Å². The van der Waals surface area contributed by atoms with E-state index in [1.165, 1.54) is 22.8 Å². The highest BCUT2D eigenvalue weighted by Gasteiger charge is 2.33. The zero-order valence-electron chi connectivity index (χ0n) is 21.1. The van der Waals surface area contributed by atoms with Crippen molar-refractivity contribution in [1.29, 1.82) is 0 Å². The van der Waals surface area contributed by atoms with Crippen molar-refractivity contribution in [2.45, 2.75) is 26.8 Å². The van der Waals surface area contributed by atoms with Gasteiger partial charge >= 0.3 is 11.9 Å². The number of benzene rings is 2.